The smallest absolute Gasteiger partial charge is 0.360 e. The first-order chi connectivity index (χ1) is 15.8. The number of hydrogen-bond acceptors (Lipinski definition) is 4. The Balaban J connectivity index is 1.58. The van der Waals surface area contributed by atoms with E-state index in [1.54, 1.807) is 4.57 Å². The molecule has 2 aliphatic heterocycles. The van der Waals surface area contributed by atoms with Crippen LogP contribution < -0.4 is 5.56 Å². The van der Waals surface area contributed by atoms with Crippen molar-refractivity contribution in [2.24, 2.45) is 0 Å². The van der Waals surface area contributed by atoms with Gasteiger partial charge in [-0.2, -0.15) is 0 Å². The molecule has 3 atom stereocenters. The third kappa shape index (κ3) is 3.90. The van der Waals surface area contributed by atoms with Gasteiger partial charge < -0.3 is 5.11 Å². The van der Waals surface area contributed by atoms with Crippen LogP contribution in [-0.4, -0.2) is 43.1 Å². The number of aromatic nitrogens is 2. The summed E-state index contributed by atoms with van der Waals surface area (Å²) in [6, 6.07) is 8.35. The summed E-state index contributed by atoms with van der Waals surface area (Å²) in [4.78, 5) is 32.4. The van der Waals surface area contributed by atoms with Gasteiger partial charge in [0.1, 0.15) is 0 Å². The highest BCUT2D eigenvalue weighted by atomic mass is 16.4. The molecule has 1 unspecified atom stereocenters. The molecule has 2 saturated heterocycles. The third-order valence-corrected chi connectivity index (χ3v) is 8.77. The molecular weight excluding hydrogens is 414 g/mol. The van der Waals surface area contributed by atoms with E-state index in [1.807, 2.05) is 24.3 Å². The third-order valence-electron chi connectivity index (χ3n) is 8.77. The van der Waals surface area contributed by atoms with Crippen molar-refractivity contribution in [1.29, 1.82) is 0 Å². The van der Waals surface area contributed by atoms with Crippen LogP contribution in [0.25, 0.3) is 11.0 Å². The van der Waals surface area contributed by atoms with Crippen LogP contribution in [-0.2, 0) is 5.54 Å². The van der Waals surface area contributed by atoms with E-state index in [0.29, 0.717) is 17.6 Å². The molecule has 1 aliphatic carbocycles. The first kappa shape index (κ1) is 22.6. The maximum Gasteiger partial charge on any atom is 0.360 e. The minimum absolute atomic E-state index is 0.231. The molecule has 6 heteroatoms. The van der Waals surface area contributed by atoms with Gasteiger partial charge in [-0.15, -0.1) is 0 Å². The number of para-hydroxylation sites is 2. The monoisotopic (exact) mass is 451 g/mol. The molecule has 3 heterocycles. The lowest BCUT2D eigenvalue weighted by molar-refractivity contribution is -0.0905. The number of benzene rings is 1. The Bertz CT molecular complexity index is 1090. The Kier molecular flexibility index (Phi) is 5.84. The predicted octanol–water partition coefficient (Wildman–Crippen LogP) is 5.33. The fraction of sp³-hybridized carbons (Fsp3) is 0.667. The van der Waals surface area contributed by atoms with Gasteiger partial charge in [0.2, 0.25) is 5.69 Å². The lowest BCUT2D eigenvalue weighted by Gasteiger charge is -2.60. The summed E-state index contributed by atoms with van der Waals surface area (Å²) in [6.07, 6.45) is 14.5. The molecule has 3 fully saturated rings. The first-order valence-corrected chi connectivity index (χ1v) is 12.9. The van der Waals surface area contributed by atoms with Gasteiger partial charge >= 0.3 is 5.97 Å². The fourth-order valence-electron chi connectivity index (χ4n) is 7.46. The number of fused-ring (bicyclic) bond motifs is 3. The maximum atomic E-state index is 13.5. The van der Waals surface area contributed by atoms with Crippen molar-refractivity contribution in [3.8, 4) is 0 Å². The van der Waals surface area contributed by atoms with Crippen LogP contribution in [0.5, 0.6) is 0 Å². The lowest BCUT2D eigenvalue weighted by atomic mass is 9.70. The van der Waals surface area contributed by atoms with Crippen molar-refractivity contribution in [3.63, 3.8) is 0 Å². The van der Waals surface area contributed by atoms with E-state index in [4.69, 9.17) is 0 Å². The molecule has 1 N–H and O–H groups in total. The highest BCUT2D eigenvalue weighted by Gasteiger charge is 2.51. The zero-order valence-electron chi connectivity index (χ0n) is 20.1. The van der Waals surface area contributed by atoms with Gasteiger partial charge in [0.25, 0.3) is 5.56 Å². The summed E-state index contributed by atoms with van der Waals surface area (Å²) in [5, 5.41) is 9.70. The van der Waals surface area contributed by atoms with Gasteiger partial charge in [0.15, 0.2) is 0 Å². The Morgan fingerprint density at radius 3 is 2.18 bits per heavy atom. The average Bonchev–Trinajstić information content (AvgIpc) is 2.75. The molecule has 178 valence electrons. The topological polar surface area (TPSA) is 75.4 Å². The van der Waals surface area contributed by atoms with Crippen molar-refractivity contribution in [3.05, 3.63) is 40.3 Å². The van der Waals surface area contributed by atoms with Gasteiger partial charge in [-0.3, -0.25) is 14.3 Å². The van der Waals surface area contributed by atoms with Crippen LogP contribution in [0.1, 0.15) is 101 Å². The van der Waals surface area contributed by atoms with E-state index in [1.165, 1.54) is 51.4 Å². The molecular formula is C27H37N3O3. The second-order valence-corrected chi connectivity index (χ2v) is 11.2. The van der Waals surface area contributed by atoms with Crippen LogP contribution in [0, 0.1) is 0 Å². The van der Waals surface area contributed by atoms with Crippen LogP contribution in [0.3, 0.4) is 0 Å². The minimum Gasteiger partial charge on any atom is -0.476 e. The predicted molar refractivity (Wildman–Crippen MR) is 130 cm³/mol. The van der Waals surface area contributed by atoms with Crippen LogP contribution in [0.4, 0.5) is 0 Å². The molecule has 33 heavy (non-hydrogen) atoms. The fourth-order valence-corrected chi connectivity index (χ4v) is 7.46. The molecule has 0 amide bonds. The highest BCUT2D eigenvalue weighted by Crippen LogP contribution is 2.48. The zero-order chi connectivity index (χ0) is 23.2. The SMILES string of the molecule is CC1(N2[C@@H]3CCC[C@H]2CC(C)(n2c(=O)c(C(=O)O)nc4ccccc42)C3)CCCCCCC1. The second-order valence-electron chi connectivity index (χ2n) is 11.2. The number of rotatable bonds is 3. The van der Waals surface area contributed by atoms with Gasteiger partial charge in [0, 0.05) is 23.2 Å². The Labute approximate surface area is 196 Å². The first-order valence-electron chi connectivity index (χ1n) is 12.9. The van der Waals surface area contributed by atoms with Crippen molar-refractivity contribution >= 4 is 17.0 Å². The lowest BCUT2D eigenvalue weighted by Crippen LogP contribution is -2.65. The number of nitrogens with zero attached hydrogens (tertiary/aromatic N) is 3. The number of carbonyl (C=O) groups is 1. The summed E-state index contributed by atoms with van der Waals surface area (Å²) in [6.45, 7) is 4.67. The summed E-state index contributed by atoms with van der Waals surface area (Å²) < 4.78 is 1.79. The summed E-state index contributed by atoms with van der Waals surface area (Å²) >= 11 is 0. The van der Waals surface area contributed by atoms with Gasteiger partial charge in [0.05, 0.1) is 11.0 Å². The number of aromatic carboxylic acids is 1. The van der Waals surface area contributed by atoms with Crippen molar-refractivity contribution in [2.45, 2.75) is 114 Å². The number of carboxylic acid groups (broad SMARTS) is 1. The number of hydrogen-bond donors (Lipinski definition) is 1. The highest BCUT2D eigenvalue weighted by molar-refractivity contribution is 5.88. The molecule has 1 aromatic carbocycles. The van der Waals surface area contributed by atoms with E-state index >= 15 is 0 Å². The summed E-state index contributed by atoms with van der Waals surface area (Å²) in [5.74, 6) is -1.25. The molecule has 1 aromatic heterocycles. The molecule has 6 nitrogen and oxygen atoms in total. The molecule has 2 aromatic rings. The number of piperidine rings is 2. The van der Waals surface area contributed by atoms with Crippen molar-refractivity contribution in [1.82, 2.24) is 14.5 Å². The van der Waals surface area contributed by atoms with E-state index in [-0.39, 0.29) is 11.2 Å². The van der Waals surface area contributed by atoms with Gasteiger partial charge in [-0.25, -0.2) is 9.78 Å². The standard InChI is InChI=1S/C27H37N3O3/c1-26(15-8-4-3-5-9-16-26)29-19-11-10-12-20(29)18-27(2,17-19)30-22-14-7-6-13-21(22)28-23(24(30)31)25(32)33/h6-7,13-14,19-20H,3-5,8-12,15-18H2,1-2H3,(H,32,33)/t19-,20+,27?. The van der Waals surface area contributed by atoms with E-state index < -0.39 is 17.1 Å². The molecule has 2 bridgehead atoms. The Morgan fingerprint density at radius 2 is 1.55 bits per heavy atom. The molecule has 5 rings (SSSR count). The summed E-state index contributed by atoms with van der Waals surface area (Å²) in [7, 11) is 0. The zero-order valence-corrected chi connectivity index (χ0v) is 20.1. The number of carboxylic acids is 1. The van der Waals surface area contributed by atoms with Crippen LogP contribution in [0.2, 0.25) is 0 Å². The molecule has 1 saturated carbocycles. The van der Waals surface area contributed by atoms with Gasteiger partial charge in [-0.1, -0.05) is 50.7 Å². The largest absolute Gasteiger partial charge is 0.476 e. The minimum atomic E-state index is -1.25. The van der Waals surface area contributed by atoms with Gasteiger partial charge in [-0.05, 0) is 64.5 Å². The van der Waals surface area contributed by atoms with Crippen LogP contribution in [0.15, 0.2) is 29.1 Å². The second kappa shape index (κ2) is 8.53. The van der Waals surface area contributed by atoms with Crippen molar-refractivity contribution < 1.29 is 9.90 Å². The summed E-state index contributed by atoms with van der Waals surface area (Å²) in [5.41, 5.74) is 0.305. The quantitative estimate of drug-likeness (QED) is 0.683. The Morgan fingerprint density at radius 1 is 0.939 bits per heavy atom. The maximum absolute atomic E-state index is 13.5. The average molecular weight is 452 g/mol. The Hall–Kier alpha value is -2.21. The normalized spacial score (nSPS) is 30.5. The van der Waals surface area contributed by atoms with E-state index in [2.05, 4.69) is 23.7 Å². The van der Waals surface area contributed by atoms with E-state index in [0.717, 1.165) is 31.2 Å². The van der Waals surface area contributed by atoms with Crippen molar-refractivity contribution in [2.75, 3.05) is 0 Å². The molecule has 0 radical (unpaired) electrons. The molecule has 0 spiro atoms. The van der Waals surface area contributed by atoms with E-state index in [9.17, 15) is 14.7 Å². The van der Waals surface area contributed by atoms with Crippen LogP contribution >= 0.6 is 0 Å². The molecule has 3 aliphatic rings.